The molecule has 0 aliphatic carbocycles. The number of halogens is 2. The van der Waals surface area contributed by atoms with Gasteiger partial charge in [-0.2, -0.15) is 0 Å². The van der Waals surface area contributed by atoms with E-state index in [4.69, 9.17) is 11.6 Å². The molecule has 0 aliphatic rings. The van der Waals surface area contributed by atoms with Crippen molar-refractivity contribution in [3.05, 3.63) is 63.6 Å². The number of hydrogen-bond acceptors (Lipinski definition) is 2. The molecule has 110 valence electrons. The van der Waals surface area contributed by atoms with Crippen molar-refractivity contribution in [1.29, 1.82) is 0 Å². The fourth-order valence-electron chi connectivity index (χ4n) is 1.97. The van der Waals surface area contributed by atoms with Gasteiger partial charge in [-0.1, -0.05) is 41.9 Å². The maximum atomic E-state index is 12.0. The quantitative estimate of drug-likeness (QED) is 0.860. The number of carbonyl (C=O) groups excluding carboxylic acids is 1. The van der Waals surface area contributed by atoms with Crippen LogP contribution in [0.25, 0.3) is 0 Å². The van der Waals surface area contributed by atoms with Crippen molar-refractivity contribution < 1.29 is 4.79 Å². The average Bonchev–Trinajstić information content (AvgIpc) is 2.44. The monoisotopic (exact) mass is 366 g/mol. The van der Waals surface area contributed by atoms with Crippen LogP contribution < -0.4 is 5.32 Å². The van der Waals surface area contributed by atoms with Gasteiger partial charge in [0.1, 0.15) is 0 Å². The van der Waals surface area contributed by atoms with Crippen molar-refractivity contribution in [1.82, 2.24) is 4.90 Å². The summed E-state index contributed by atoms with van der Waals surface area (Å²) in [6.45, 7) is 0.926. The molecule has 0 spiro atoms. The van der Waals surface area contributed by atoms with E-state index in [0.717, 1.165) is 20.7 Å². The molecule has 2 aromatic carbocycles. The highest BCUT2D eigenvalue weighted by Gasteiger charge is 2.10. The predicted molar refractivity (Wildman–Crippen MR) is 90.6 cm³/mol. The van der Waals surface area contributed by atoms with Gasteiger partial charge in [0, 0.05) is 16.0 Å². The fourth-order valence-corrected chi connectivity index (χ4v) is 2.55. The molecule has 3 nitrogen and oxygen atoms in total. The number of nitrogens with one attached hydrogen (secondary N) is 1. The van der Waals surface area contributed by atoms with Gasteiger partial charge in [-0.15, -0.1) is 0 Å². The zero-order valence-electron chi connectivity index (χ0n) is 11.6. The summed E-state index contributed by atoms with van der Waals surface area (Å²) in [6.07, 6.45) is 0. The summed E-state index contributed by atoms with van der Waals surface area (Å²) in [6, 6.07) is 15.2. The molecule has 2 aromatic rings. The van der Waals surface area contributed by atoms with E-state index in [2.05, 4.69) is 21.2 Å². The number of rotatable bonds is 5. The third-order valence-corrected chi connectivity index (χ3v) is 4.02. The van der Waals surface area contributed by atoms with Crippen LogP contribution in [0.1, 0.15) is 5.56 Å². The van der Waals surface area contributed by atoms with Gasteiger partial charge in [0.2, 0.25) is 5.91 Å². The lowest BCUT2D eigenvalue weighted by molar-refractivity contribution is -0.117. The molecule has 0 fully saturated rings. The number of hydrogen-bond donors (Lipinski definition) is 1. The summed E-state index contributed by atoms with van der Waals surface area (Å²) in [5, 5.41) is 3.60. The topological polar surface area (TPSA) is 32.3 Å². The van der Waals surface area contributed by atoms with Crippen molar-refractivity contribution in [3.63, 3.8) is 0 Å². The smallest absolute Gasteiger partial charge is 0.238 e. The molecule has 0 heterocycles. The molecule has 0 aliphatic heterocycles. The zero-order chi connectivity index (χ0) is 15.2. The van der Waals surface area contributed by atoms with Gasteiger partial charge >= 0.3 is 0 Å². The molecule has 0 atom stereocenters. The molecule has 2 rings (SSSR count). The van der Waals surface area contributed by atoms with Gasteiger partial charge in [0.15, 0.2) is 0 Å². The number of anilines is 1. The van der Waals surface area contributed by atoms with Gasteiger partial charge in [0.25, 0.3) is 0 Å². The fraction of sp³-hybridized carbons (Fsp3) is 0.188. The third kappa shape index (κ3) is 4.84. The first-order valence-electron chi connectivity index (χ1n) is 6.52. The Balaban J connectivity index is 1.91. The molecule has 0 saturated heterocycles. The number of amides is 1. The predicted octanol–water partition coefficient (Wildman–Crippen LogP) is 4.17. The Morgan fingerprint density at radius 2 is 1.86 bits per heavy atom. The Morgan fingerprint density at radius 3 is 2.57 bits per heavy atom. The van der Waals surface area contributed by atoms with Crippen molar-refractivity contribution in [2.24, 2.45) is 0 Å². The average molecular weight is 368 g/mol. The van der Waals surface area contributed by atoms with Crippen LogP contribution in [-0.2, 0) is 11.3 Å². The lowest BCUT2D eigenvalue weighted by Gasteiger charge is -2.17. The van der Waals surface area contributed by atoms with E-state index in [-0.39, 0.29) is 5.91 Å². The lowest BCUT2D eigenvalue weighted by Crippen LogP contribution is -2.30. The van der Waals surface area contributed by atoms with E-state index >= 15 is 0 Å². The van der Waals surface area contributed by atoms with Crippen LogP contribution in [0.15, 0.2) is 53.0 Å². The Morgan fingerprint density at radius 1 is 1.19 bits per heavy atom. The molecule has 0 saturated carbocycles. The minimum Gasteiger partial charge on any atom is -0.324 e. The number of benzene rings is 2. The first-order chi connectivity index (χ1) is 10.1. The second kappa shape index (κ2) is 7.59. The van der Waals surface area contributed by atoms with Crippen molar-refractivity contribution in [3.8, 4) is 0 Å². The van der Waals surface area contributed by atoms with Crippen LogP contribution in [0.3, 0.4) is 0 Å². The molecule has 0 unspecified atom stereocenters. The van der Waals surface area contributed by atoms with Crippen LogP contribution in [0.2, 0.25) is 5.02 Å². The lowest BCUT2D eigenvalue weighted by atomic mass is 10.2. The summed E-state index contributed by atoms with van der Waals surface area (Å²) in [7, 11) is 1.89. The van der Waals surface area contributed by atoms with E-state index in [1.807, 2.05) is 60.5 Å². The maximum absolute atomic E-state index is 12.0. The van der Waals surface area contributed by atoms with E-state index < -0.39 is 0 Å². The largest absolute Gasteiger partial charge is 0.324 e. The standard InChI is InChI=1S/C16H16BrClN2O/c1-20(10-12-6-2-4-8-14(12)18)11-16(21)19-15-9-5-3-7-13(15)17/h2-9H,10-11H2,1H3,(H,19,21). The van der Waals surface area contributed by atoms with Crippen LogP contribution in [0, 0.1) is 0 Å². The summed E-state index contributed by atoms with van der Waals surface area (Å²) < 4.78 is 0.868. The Bertz CT molecular complexity index is 633. The van der Waals surface area contributed by atoms with Crippen molar-refractivity contribution in [2.45, 2.75) is 6.54 Å². The second-order valence-electron chi connectivity index (χ2n) is 4.79. The minimum atomic E-state index is -0.0588. The number of nitrogens with zero attached hydrogens (tertiary/aromatic N) is 1. The second-order valence-corrected chi connectivity index (χ2v) is 6.05. The molecule has 0 aromatic heterocycles. The molecule has 0 bridgehead atoms. The summed E-state index contributed by atoms with van der Waals surface area (Å²) in [5.41, 5.74) is 1.78. The highest BCUT2D eigenvalue weighted by atomic mass is 79.9. The van der Waals surface area contributed by atoms with Gasteiger partial charge in [-0.3, -0.25) is 9.69 Å². The van der Waals surface area contributed by atoms with Crippen LogP contribution in [0.4, 0.5) is 5.69 Å². The highest BCUT2D eigenvalue weighted by Crippen LogP contribution is 2.21. The summed E-state index contributed by atoms with van der Waals surface area (Å²) >= 11 is 9.53. The zero-order valence-corrected chi connectivity index (χ0v) is 14.0. The minimum absolute atomic E-state index is 0.0588. The highest BCUT2D eigenvalue weighted by molar-refractivity contribution is 9.10. The van der Waals surface area contributed by atoms with Crippen molar-refractivity contribution in [2.75, 3.05) is 18.9 Å². The van der Waals surface area contributed by atoms with E-state index in [1.165, 1.54) is 0 Å². The van der Waals surface area contributed by atoms with Crippen LogP contribution in [-0.4, -0.2) is 24.4 Å². The Kier molecular flexibility index (Phi) is 5.79. The van der Waals surface area contributed by atoms with Gasteiger partial charge in [-0.25, -0.2) is 0 Å². The SMILES string of the molecule is CN(CC(=O)Nc1ccccc1Br)Cc1ccccc1Cl. The molecule has 1 amide bonds. The molecule has 21 heavy (non-hydrogen) atoms. The first kappa shape index (κ1) is 16.0. The molecule has 5 heteroatoms. The summed E-state index contributed by atoms with van der Waals surface area (Å²) in [4.78, 5) is 14.0. The van der Waals surface area contributed by atoms with Gasteiger partial charge in [-0.05, 0) is 46.7 Å². The Hall–Kier alpha value is -1.36. The molecule has 1 N–H and O–H groups in total. The van der Waals surface area contributed by atoms with Gasteiger partial charge < -0.3 is 5.32 Å². The number of likely N-dealkylation sites (N-methyl/N-ethyl adjacent to an activating group) is 1. The van der Waals surface area contributed by atoms with Crippen LogP contribution in [0.5, 0.6) is 0 Å². The molecule has 0 radical (unpaired) electrons. The van der Waals surface area contributed by atoms with Crippen LogP contribution >= 0.6 is 27.5 Å². The maximum Gasteiger partial charge on any atom is 0.238 e. The molecular weight excluding hydrogens is 352 g/mol. The van der Waals surface area contributed by atoms with Gasteiger partial charge in [0.05, 0.1) is 12.2 Å². The van der Waals surface area contributed by atoms with E-state index in [1.54, 1.807) is 0 Å². The number of para-hydroxylation sites is 1. The number of carbonyl (C=O) groups is 1. The third-order valence-electron chi connectivity index (χ3n) is 2.96. The first-order valence-corrected chi connectivity index (χ1v) is 7.69. The van der Waals surface area contributed by atoms with E-state index in [9.17, 15) is 4.79 Å². The normalized spacial score (nSPS) is 10.7. The Labute approximate surface area is 138 Å². The van der Waals surface area contributed by atoms with Crippen molar-refractivity contribution >= 4 is 39.1 Å². The van der Waals surface area contributed by atoms with E-state index in [0.29, 0.717) is 13.1 Å². The summed E-state index contributed by atoms with van der Waals surface area (Å²) in [5.74, 6) is -0.0588. The molecular formula is C16H16BrClN2O.